The molecule has 6 nitrogen and oxygen atoms in total. The summed E-state index contributed by atoms with van der Waals surface area (Å²) in [5, 5.41) is 2.94. The lowest BCUT2D eigenvalue weighted by molar-refractivity contribution is -0.128. The third kappa shape index (κ3) is 4.88. The van der Waals surface area contributed by atoms with Crippen molar-refractivity contribution in [2.75, 3.05) is 7.11 Å². The van der Waals surface area contributed by atoms with E-state index in [1.54, 1.807) is 31.8 Å². The SMILES string of the molecule is CCC(Oc1ccc(OC)cc1)C(=O)NCc1ccc(-n2ccnc2)cc1. The second-order valence-corrected chi connectivity index (χ2v) is 6.04. The molecule has 3 rings (SSSR count). The zero-order chi connectivity index (χ0) is 19.1. The van der Waals surface area contributed by atoms with Gasteiger partial charge in [0.1, 0.15) is 11.5 Å². The molecule has 2 aromatic carbocycles. The maximum absolute atomic E-state index is 12.5. The average Bonchev–Trinajstić information content (AvgIpc) is 3.26. The van der Waals surface area contributed by atoms with Crippen LogP contribution >= 0.6 is 0 Å². The van der Waals surface area contributed by atoms with Gasteiger partial charge in [-0.3, -0.25) is 4.79 Å². The number of benzene rings is 2. The average molecular weight is 365 g/mol. The fourth-order valence-electron chi connectivity index (χ4n) is 2.64. The number of rotatable bonds is 8. The van der Waals surface area contributed by atoms with Crippen molar-refractivity contribution in [2.24, 2.45) is 0 Å². The summed E-state index contributed by atoms with van der Waals surface area (Å²) < 4.78 is 12.9. The van der Waals surface area contributed by atoms with Crippen molar-refractivity contribution in [2.45, 2.75) is 26.0 Å². The van der Waals surface area contributed by atoms with E-state index in [1.807, 2.05) is 54.1 Å². The summed E-state index contributed by atoms with van der Waals surface area (Å²) >= 11 is 0. The van der Waals surface area contributed by atoms with Crippen LogP contribution in [0.4, 0.5) is 0 Å². The molecule has 1 N–H and O–H groups in total. The molecule has 0 bridgehead atoms. The highest BCUT2D eigenvalue weighted by Crippen LogP contribution is 2.19. The highest BCUT2D eigenvalue weighted by atomic mass is 16.5. The van der Waals surface area contributed by atoms with Crippen LogP contribution in [0.2, 0.25) is 0 Å². The molecule has 3 aromatic rings. The third-order valence-electron chi connectivity index (χ3n) is 4.21. The lowest BCUT2D eigenvalue weighted by Crippen LogP contribution is -2.37. The second-order valence-electron chi connectivity index (χ2n) is 6.04. The minimum Gasteiger partial charge on any atom is -0.497 e. The Morgan fingerprint density at radius 2 is 1.81 bits per heavy atom. The van der Waals surface area contributed by atoms with Gasteiger partial charge in [-0.05, 0) is 48.4 Å². The van der Waals surface area contributed by atoms with E-state index in [0.29, 0.717) is 18.7 Å². The van der Waals surface area contributed by atoms with E-state index >= 15 is 0 Å². The van der Waals surface area contributed by atoms with Gasteiger partial charge >= 0.3 is 0 Å². The van der Waals surface area contributed by atoms with Crippen LogP contribution in [0.3, 0.4) is 0 Å². The van der Waals surface area contributed by atoms with Crippen molar-refractivity contribution >= 4 is 5.91 Å². The highest BCUT2D eigenvalue weighted by Gasteiger charge is 2.18. The smallest absolute Gasteiger partial charge is 0.261 e. The summed E-state index contributed by atoms with van der Waals surface area (Å²) in [5.41, 5.74) is 2.04. The molecule has 0 aliphatic rings. The minimum atomic E-state index is -0.538. The molecule has 0 radical (unpaired) electrons. The monoisotopic (exact) mass is 365 g/mol. The number of carbonyl (C=O) groups excluding carboxylic acids is 1. The zero-order valence-corrected chi connectivity index (χ0v) is 15.5. The van der Waals surface area contributed by atoms with Gasteiger partial charge in [0, 0.05) is 24.6 Å². The number of nitrogens with one attached hydrogen (secondary N) is 1. The molecule has 1 heterocycles. The van der Waals surface area contributed by atoms with Crippen molar-refractivity contribution in [3.63, 3.8) is 0 Å². The van der Waals surface area contributed by atoms with Crippen molar-refractivity contribution in [1.82, 2.24) is 14.9 Å². The van der Waals surface area contributed by atoms with Gasteiger partial charge in [-0.15, -0.1) is 0 Å². The molecule has 0 spiro atoms. The molecule has 1 amide bonds. The van der Waals surface area contributed by atoms with E-state index < -0.39 is 6.10 Å². The molecule has 1 unspecified atom stereocenters. The normalized spacial score (nSPS) is 11.6. The Bertz CT molecular complexity index is 843. The van der Waals surface area contributed by atoms with Crippen LogP contribution in [0.15, 0.2) is 67.3 Å². The quantitative estimate of drug-likeness (QED) is 0.665. The Hall–Kier alpha value is -3.28. The number of aromatic nitrogens is 2. The molecule has 0 saturated heterocycles. The Labute approximate surface area is 158 Å². The zero-order valence-electron chi connectivity index (χ0n) is 15.5. The van der Waals surface area contributed by atoms with E-state index in [-0.39, 0.29) is 5.91 Å². The number of carbonyl (C=O) groups is 1. The predicted octanol–water partition coefficient (Wildman–Crippen LogP) is 3.35. The molecule has 140 valence electrons. The lowest BCUT2D eigenvalue weighted by Gasteiger charge is -2.17. The van der Waals surface area contributed by atoms with Crippen molar-refractivity contribution in [3.05, 3.63) is 72.8 Å². The molecule has 0 aliphatic carbocycles. The number of hydrogen-bond acceptors (Lipinski definition) is 4. The molecular formula is C21H23N3O3. The number of ether oxygens (including phenoxy) is 2. The topological polar surface area (TPSA) is 65.4 Å². The summed E-state index contributed by atoms with van der Waals surface area (Å²) in [4.78, 5) is 16.5. The summed E-state index contributed by atoms with van der Waals surface area (Å²) in [5.74, 6) is 1.26. The number of methoxy groups -OCH3 is 1. The summed E-state index contributed by atoms with van der Waals surface area (Å²) in [7, 11) is 1.61. The van der Waals surface area contributed by atoms with E-state index in [4.69, 9.17) is 9.47 Å². The van der Waals surface area contributed by atoms with Gasteiger partial charge in [0.05, 0.1) is 13.4 Å². The predicted molar refractivity (Wildman–Crippen MR) is 103 cm³/mol. The maximum Gasteiger partial charge on any atom is 0.261 e. The largest absolute Gasteiger partial charge is 0.497 e. The molecule has 0 aliphatic heterocycles. The van der Waals surface area contributed by atoms with Gasteiger partial charge in [0.2, 0.25) is 0 Å². The third-order valence-corrected chi connectivity index (χ3v) is 4.21. The second kappa shape index (κ2) is 8.89. The molecule has 1 atom stereocenters. The summed E-state index contributed by atoms with van der Waals surface area (Å²) in [6, 6.07) is 15.2. The Balaban J connectivity index is 1.54. The molecule has 0 fully saturated rings. The van der Waals surface area contributed by atoms with Crippen LogP contribution in [0, 0.1) is 0 Å². The minimum absolute atomic E-state index is 0.132. The van der Waals surface area contributed by atoms with Gasteiger partial charge in [-0.25, -0.2) is 4.98 Å². The lowest BCUT2D eigenvalue weighted by atomic mass is 10.2. The number of imidazole rings is 1. The van der Waals surface area contributed by atoms with E-state index in [9.17, 15) is 4.79 Å². The first-order valence-electron chi connectivity index (χ1n) is 8.85. The van der Waals surface area contributed by atoms with Crippen LogP contribution in [-0.4, -0.2) is 28.7 Å². The molecule has 27 heavy (non-hydrogen) atoms. The van der Waals surface area contributed by atoms with Gasteiger partial charge in [-0.2, -0.15) is 0 Å². The van der Waals surface area contributed by atoms with Gasteiger partial charge < -0.3 is 19.4 Å². The number of nitrogens with zero attached hydrogens (tertiary/aromatic N) is 2. The fraction of sp³-hybridized carbons (Fsp3) is 0.238. The Morgan fingerprint density at radius 1 is 1.11 bits per heavy atom. The van der Waals surface area contributed by atoms with Crippen LogP contribution in [-0.2, 0) is 11.3 Å². The van der Waals surface area contributed by atoms with E-state index in [1.165, 1.54) is 0 Å². The fourth-order valence-corrected chi connectivity index (χ4v) is 2.64. The molecule has 1 aromatic heterocycles. The Kier molecular flexibility index (Phi) is 6.10. The van der Waals surface area contributed by atoms with Crippen LogP contribution in [0.25, 0.3) is 5.69 Å². The first-order valence-corrected chi connectivity index (χ1v) is 8.85. The molecule has 6 heteroatoms. The van der Waals surface area contributed by atoms with E-state index in [2.05, 4.69) is 10.3 Å². The first-order chi connectivity index (χ1) is 13.2. The van der Waals surface area contributed by atoms with Crippen molar-refractivity contribution < 1.29 is 14.3 Å². The number of amides is 1. The maximum atomic E-state index is 12.5. The van der Waals surface area contributed by atoms with Gasteiger partial charge in [0.15, 0.2) is 6.10 Å². The van der Waals surface area contributed by atoms with Crippen LogP contribution in [0.1, 0.15) is 18.9 Å². The van der Waals surface area contributed by atoms with Gasteiger partial charge in [-0.1, -0.05) is 19.1 Å². The van der Waals surface area contributed by atoms with Crippen molar-refractivity contribution in [1.29, 1.82) is 0 Å². The van der Waals surface area contributed by atoms with Crippen LogP contribution in [0.5, 0.6) is 11.5 Å². The standard InChI is InChI=1S/C21H23N3O3/c1-3-20(27-19-10-8-18(26-2)9-11-19)21(25)23-14-16-4-6-17(7-5-16)24-13-12-22-15-24/h4-13,15,20H,3,14H2,1-2H3,(H,23,25). The van der Waals surface area contributed by atoms with Crippen molar-refractivity contribution in [3.8, 4) is 17.2 Å². The van der Waals surface area contributed by atoms with Crippen LogP contribution < -0.4 is 14.8 Å². The Morgan fingerprint density at radius 3 is 2.41 bits per heavy atom. The highest BCUT2D eigenvalue weighted by molar-refractivity contribution is 5.81. The summed E-state index contributed by atoms with van der Waals surface area (Å²) in [6.45, 7) is 2.37. The van der Waals surface area contributed by atoms with Gasteiger partial charge in [0.25, 0.3) is 5.91 Å². The number of hydrogen-bond donors (Lipinski definition) is 1. The molecular weight excluding hydrogens is 342 g/mol. The molecule has 0 saturated carbocycles. The first kappa shape index (κ1) is 18.5. The summed E-state index contributed by atoms with van der Waals surface area (Å²) in [6.07, 6.45) is 5.42. The van der Waals surface area contributed by atoms with E-state index in [0.717, 1.165) is 17.0 Å².